The van der Waals surface area contributed by atoms with Crippen LogP contribution in [0.2, 0.25) is 0 Å². The van der Waals surface area contributed by atoms with Crippen molar-refractivity contribution < 1.29 is 14.0 Å². The summed E-state index contributed by atoms with van der Waals surface area (Å²) in [6.45, 7) is 1.74. The van der Waals surface area contributed by atoms with E-state index in [0.717, 1.165) is 22.0 Å². The lowest BCUT2D eigenvalue weighted by Gasteiger charge is -2.28. The number of nitrogens with one attached hydrogen (secondary N) is 2. The first-order valence-electron chi connectivity index (χ1n) is 9.21. The molecule has 1 atom stereocenters. The van der Waals surface area contributed by atoms with E-state index in [2.05, 4.69) is 21.7 Å². The fraction of sp³-hybridized carbons (Fsp3) is 0.143. The molecular formula is C21H17N5O3S2. The van der Waals surface area contributed by atoms with Crippen LogP contribution in [0.15, 0.2) is 69.0 Å². The van der Waals surface area contributed by atoms with Crippen LogP contribution in [0.1, 0.15) is 18.6 Å². The third kappa shape index (κ3) is 4.19. The standard InChI is InChI=1S/C21H17N5O3S2/c1-11-17(19(28)26-21-25-13-5-2-3-7-15(13)31-21)18(14-6-4-8-29-14)12(9-22)20(24-11)30-10-16(23)27/h2-8,18,24H,10H2,1H3,(H2,23,27)(H,25,26,28)/t18-/m0/s1. The fourth-order valence-electron chi connectivity index (χ4n) is 3.30. The normalized spacial score (nSPS) is 16.2. The summed E-state index contributed by atoms with van der Waals surface area (Å²) in [6.07, 6.45) is 1.49. The number of nitriles is 1. The number of primary amides is 1. The highest BCUT2D eigenvalue weighted by Gasteiger charge is 2.36. The molecule has 0 saturated heterocycles. The van der Waals surface area contributed by atoms with Crippen LogP contribution >= 0.6 is 23.1 Å². The molecule has 156 valence electrons. The Morgan fingerprint density at radius 1 is 1.35 bits per heavy atom. The van der Waals surface area contributed by atoms with Gasteiger partial charge in [0, 0.05) is 5.70 Å². The lowest BCUT2D eigenvalue weighted by molar-refractivity contribution is -0.115. The lowest BCUT2D eigenvalue weighted by Crippen LogP contribution is -2.31. The van der Waals surface area contributed by atoms with E-state index >= 15 is 0 Å². The van der Waals surface area contributed by atoms with Gasteiger partial charge in [0.2, 0.25) is 5.91 Å². The van der Waals surface area contributed by atoms with Crippen molar-refractivity contribution in [2.45, 2.75) is 12.8 Å². The van der Waals surface area contributed by atoms with Crippen molar-refractivity contribution in [1.29, 1.82) is 5.26 Å². The van der Waals surface area contributed by atoms with Gasteiger partial charge in [-0.3, -0.25) is 14.9 Å². The number of dihydropyridines is 1. The van der Waals surface area contributed by atoms with Gasteiger partial charge in [0.15, 0.2) is 5.13 Å². The van der Waals surface area contributed by atoms with Crippen molar-refractivity contribution in [3.63, 3.8) is 0 Å². The van der Waals surface area contributed by atoms with Crippen LogP contribution in [0, 0.1) is 11.3 Å². The Balaban J connectivity index is 1.71. The second kappa shape index (κ2) is 8.67. The van der Waals surface area contributed by atoms with Crippen LogP contribution in [0.4, 0.5) is 5.13 Å². The number of allylic oxidation sites excluding steroid dienone is 2. The minimum absolute atomic E-state index is 0.00109. The van der Waals surface area contributed by atoms with E-state index in [1.54, 1.807) is 19.1 Å². The molecule has 3 heterocycles. The Morgan fingerprint density at radius 3 is 2.84 bits per heavy atom. The molecule has 4 rings (SSSR count). The molecule has 1 aliphatic heterocycles. The molecule has 0 radical (unpaired) electrons. The number of hydrogen-bond donors (Lipinski definition) is 3. The maximum atomic E-state index is 13.3. The maximum Gasteiger partial charge on any atom is 0.256 e. The number of carbonyl (C=O) groups excluding carboxylic acids is 2. The Hall–Kier alpha value is -3.55. The Labute approximate surface area is 185 Å². The minimum Gasteiger partial charge on any atom is -0.468 e. The summed E-state index contributed by atoms with van der Waals surface area (Å²) < 4.78 is 6.52. The second-order valence-corrected chi connectivity index (χ2v) is 8.68. The summed E-state index contributed by atoms with van der Waals surface area (Å²) in [5.74, 6) is -1.18. The quantitative estimate of drug-likeness (QED) is 0.522. The molecule has 1 aliphatic rings. The molecule has 2 amide bonds. The van der Waals surface area contributed by atoms with Crippen LogP contribution in [-0.4, -0.2) is 22.6 Å². The first kappa shape index (κ1) is 20.7. The molecule has 0 spiro atoms. The first-order chi connectivity index (χ1) is 15.0. The van der Waals surface area contributed by atoms with E-state index < -0.39 is 17.7 Å². The summed E-state index contributed by atoms with van der Waals surface area (Å²) in [5.41, 5.74) is 7.22. The van der Waals surface area contributed by atoms with Gasteiger partial charge in [0.25, 0.3) is 5.91 Å². The number of para-hydroxylation sites is 1. The molecule has 8 nitrogen and oxygen atoms in total. The SMILES string of the molecule is CC1=C(C(=O)Nc2nc3ccccc3s2)[C@H](c2ccco2)C(C#N)=C(SCC(N)=O)N1. The number of hydrogen-bond acceptors (Lipinski definition) is 8. The number of carbonyl (C=O) groups is 2. The Kier molecular flexibility index (Phi) is 5.79. The number of furan rings is 1. The topological polar surface area (TPSA) is 134 Å². The van der Waals surface area contributed by atoms with Crippen molar-refractivity contribution in [3.05, 3.63) is 70.3 Å². The Bertz CT molecular complexity index is 1230. The summed E-state index contributed by atoms with van der Waals surface area (Å²) in [6, 6.07) is 13.2. The van der Waals surface area contributed by atoms with Crippen molar-refractivity contribution >= 4 is 50.3 Å². The zero-order valence-electron chi connectivity index (χ0n) is 16.3. The zero-order chi connectivity index (χ0) is 22.0. The monoisotopic (exact) mass is 451 g/mol. The average molecular weight is 452 g/mol. The van der Waals surface area contributed by atoms with Crippen LogP contribution in [0.5, 0.6) is 0 Å². The van der Waals surface area contributed by atoms with Crippen LogP contribution in [0.3, 0.4) is 0 Å². The predicted octanol–water partition coefficient (Wildman–Crippen LogP) is 3.44. The number of benzene rings is 1. The van der Waals surface area contributed by atoms with E-state index in [4.69, 9.17) is 10.2 Å². The molecule has 31 heavy (non-hydrogen) atoms. The first-order valence-corrected chi connectivity index (χ1v) is 11.0. The number of amides is 2. The number of nitrogens with zero attached hydrogens (tertiary/aromatic N) is 2. The van der Waals surface area contributed by atoms with Crippen molar-refractivity contribution in [1.82, 2.24) is 10.3 Å². The van der Waals surface area contributed by atoms with E-state index in [9.17, 15) is 14.9 Å². The highest BCUT2D eigenvalue weighted by atomic mass is 32.2. The minimum atomic E-state index is -0.731. The van der Waals surface area contributed by atoms with Gasteiger partial charge in [-0.2, -0.15) is 5.26 Å². The van der Waals surface area contributed by atoms with Crippen LogP contribution in [-0.2, 0) is 9.59 Å². The van der Waals surface area contributed by atoms with Crippen molar-refractivity contribution in [2.24, 2.45) is 5.73 Å². The molecule has 0 bridgehead atoms. The zero-order valence-corrected chi connectivity index (χ0v) is 18.0. The highest BCUT2D eigenvalue weighted by molar-refractivity contribution is 8.03. The molecule has 1 aromatic carbocycles. The number of aromatic nitrogens is 1. The summed E-state index contributed by atoms with van der Waals surface area (Å²) >= 11 is 2.48. The molecule has 2 aromatic heterocycles. The van der Waals surface area contributed by atoms with Gasteiger partial charge in [-0.25, -0.2) is 4.98 Å². The third-order valence-corrected chi connectivity index (χ3v) is 6.58. The van der Waals surface area contributed by atoms with Crippen LogP contribution in [0.25, 0.3) is 10.2 Å². The number of anilines is 1. The largest absolute Gasteiger partial charge is 0.468 e. The molecule has 10 heteroatoms. The molecule has 0 saturated carbocycles. The van der Waals surface area contributed by atoms with E-state index in [0.29, 0.717) is 27.2 Å². The number of rotatable bonds is 6. The lowest BCUT2D eigenvalue weighted by atomic mass is 9.85. The van der Waals surface area contributed by atoms with Gasteiger partial charge in [-0.1, -0.05) is 35.2 Å². The van der Waals surface area contributed by atoms with Crippen LogP contribution < -0.4 is 16.4 Å². The molecule has 0 aliphatic carbocycles. The maximum absolute atomic E-state index is 13.3. The average Bonchev–Trinajstić information content (AvgIpc) is 3.40. The predicted molar refractivity (Wildman–Crippen MR) is 120 cm³/mol. The number of thioether (sulfide) groups is 1. The summed E-state index contributed by atoms with van der Waals surface area (Å²) in [5, 5.41) is 16.7. The number of nitrogens with two attached hydrogens (primary N) is 1. The molecular weight excluding hydrogens is 434 g/mol. The van der Waals surface area contributed by atoms with Gasteiger partial charge in [0.1, 0.15) is 5.76 Å². The highest BCUT2D eigenvalue weighted by Crippen LogP contribution is 2.41. The summed E-state index contributed by atoms with van der Waals surface area (Å²) in [7, 11) is 0. The van der Waals surface area contributed by atoms with E-state index in [1.165, 1.54) is 17.6 Å². The van der Waals surface area contributed by atoms with E-state index in [-0.39, 0.29) is 11.3 Å². The van der Waals surface area contributed by atoms with Gasteiger partial charge >= 0.3 is 0 Å². The third-order valence-electron chi connectivity index (χ3n) is 4.59. The van der Waals surface area contributed by atoms with Gasteiger partial charge in [-0.15, -0.1) is 0 Å². The Morgan fingerprint density at radius 2 is 2.16 bits per heavy atom. The second-order valence-electron chi connectivity index (χ2n) is 6.66. The molecule has 0 unspecified atom stereocenters. The molecule has 4 N–H and O–H groups in total. The van der Waals surface area contributed by atoms with Gasteiger partial charge in [0.05, 0.1) is 50.4 Å². The number of thiazole rings is 1. The van der Waals surface area contributed by atoms with E-state index in [1.807, 2.05) is 24.3 Å². The van der Waals surface area contributed by atoms with Gasteiger partial charge < -0.3 is 15.5 Å². The molecule has 0 fully saturated rings. The smallest absolute Gasteiger partial charge is 0.256 e. The van der Waals surface area contributed by atoms with Gasteiger partial charge in [-0.05, 0) is 31.2 Å². The summed E-state index contributed by atoms with van der Waals surface area (Å²) in [4.78, 5) is 29.0. The van der Waals surface area contributed by atoms with Crippen molar-refractivity contribution in [2.75, 3.05) is 11.1 Å². The number of fused-ring (bicyclic) bond motifs is 1. The fourth-order valence-corrected chi connectivity index (χ4v) is 4.99. The molecule has 3 aromatic rings. The van der Waals surface area contributed by atoms with Crippen molar-refractivity contribution in [3.8, 4) is 6.07 Å².